The molecule has 0 spiro atoms. The molecule has 1 atom stereocenters. The van der Waals surface area contributed by atoms with Crippen LogP contribution in [-0.2, 0) is 0 Å². The van der Waals surface area contributed by atoms with Crippen molar-refractivity contribution in [1.29, 1.82) is 0 Å². The van der Waals surface area contributed by atoms with E-state index in [1.807, 2.05) is 13.8 Å². The summed E-state index contributed by atoms with van der Waals surface area (Å²) >= 11 is 0. The normalized spacial score (nSPS) is 7.46. The Bertz CT molecular complexity index is 208. The maximum absolute atomic E-state index is 3.00. The monoisotopic (exact) mass is 196 g/mol. The second-order valence-corrected chi connectivity index (χ2v) is 2.91. The molecule has 0 N–H and O–H groups in total. The van der Waals surface area contributed by atoms with Crippen LogP contribution in [0, 0.1) is 13.8 Å². The van der Waals surface area contributed by atoms with Gasteiger partial charge in [-0.15, -0.1) is 22.4 Å². The first-order valence-corrected chi connectivity index (χ1v) is 5.11. The molecule has 0 aliphatic carbocycles. The highest BCUT2D eigenvalue weighted by Gasteiger charge is 1.92. The highest BCUT2D eigenvalue weighted by atomic mass is 31.0. The Labute approximate surface area is 85.3 Å². The SMILES string of the molecule is C=C.CC.Cc1cccc(P)c1C. The summed E-state index contributed by atoms with van der Waals surface area (Å²) in [5.41, 5.74) is 2.74. The van der Waals surface area contributed by atoms with Gasteiger partial charge in [-0.1, -0.05) is 32.0 Å². The number of hydrogen-bond donors (Lipinski definition) is 0. The van der Waals surface area contributed by atoms with Gasteiger partial charge >= 0.3 is 0 Å². The first-order chi connectivity index (χ1) is 6.22. The highest BCUT2D eigenvalue weighted by Crippen LogP contribution is 2.04. The van der Waals surface area contributed by atoms with Crippen LogP contribution in [-0.4, -0.2) is 0 Å². The minimum atomic E-state index is 1.30. The lowest BCUT2D eigenvalue weighted by Gasteiger charge is -2.00. The van der Waals surface area contributed by atoms with Crippen molar-refractivity contribution < 1.29 is 0 Å². The minimum absolute atomic E-state index is 1.30. The van der Waals surface area contributed by atoms with Crippen LogP contribution >= 0.6 is 9.24 Å². The Morgan fingerprint density at radius 2 is 1.54 bits per heavy atom. The summed E-state index contributed by atoms with van der Waals surface area (Å²) < 4.78 is 0. The van der Waals surface area contributed by atoms with Crippen LogP contribution in [0.1, 0.15) is 25.0 Å². The molecular weight excluding hydrogens is 175 g/mol. The molecule has 0 saturated heterocycles. The minimum Gasteiger partial charge on any atom is -0.106 e. The second-order valence-electron chi connectivity index (χ2n) is 2.29. The van der Waals surface area contributed by atoms with E-state index in [1.165, 1.54) is 16.4 Å². The summed E-state index contributed by atoms with van der Waals surface area (Å²) in [5, 5.41) is 1.30. The molecule has 0 aliphatic rings. The quantitative estimate of drug-likeness (QED) is 0.439. The van der Waals surface area contributed by atoms with Crippen LogP contribution in [0.2, 0.25) is 0 Å². The molecule has 1 rings (SSSR count). The highest BCUT2D eigenvalue weighted by molar-refractivity contribution is 7.27. The molecule has 0 saturated carbocycles. The maximum atomic E-state index is 3.00. The molecule has 0 amide bonds. The fourth-order valence-corrected chi connectivity index (χ4v) is 1.11. The van der Waals surface area contributed by atoms with Gasteiger partial charge in [0.1, 0.15) is 0 Å². The molecule has 1 heteroatoms. The second kappa shape index (κ2) is 9.48. The van der Waals surface area contributed by atoms with E-state index in [0.717, 1.165) is 0 Å². The van der Waals surface area contributed by atoms with Crippen molar-refractivity contribution in [2.45, 2.75) is 27.7 Å². The fraction of sp³-hybridized carbons (Fsp3) is 0.333. The molecule has 0 radical (unpaired) electrons. The van der Waals surface area contributed by atoms with E-state index in [0.29, 0.717) is 0 Å². The standard InChI is InChI=1S/C8H11P.C2H6.C2H4/c1-6-4-3-5-8(9)7(6)2;2*1-2/h3-5H,9H2,1-2H3;1-2H3;1-2H2. The molecule has 0 heterocycles. The first kappa shape index (κ1) is 14.9. The van der Waals surface area contributed by atoms with Crippen LogP contribution in [0.3, 0.4) is 0 Å². The average molecular weight is 196 g/mol. The predicted molar refractivity (Wildman–Crippen MR) is 67.9 cm³/mol. The van der Waals surface area contributed by atoms with Gasteiger partial charge in [0.25, 0.3) is 0 Å². The summed E-state index contributed by atoms with van der Waals surface area (Å²) in [4.78, 5) is 0. The maximum Gasteiger partial charge on any atom is -0.0271 e. The summed E-state index contributed by atoms with van der Waals surface area (Å²) in [6.45, 7) is 14.3. The van der Waals surface area contributed by atoms with E-state index in [1.54, 1.807) is 0 Å². The Balaban J connectivity index is 0. The summed E-state index contributed by atoms with van der Waals surface area (Å²) in [5.74, 6) is 0. The van der Waals surface area contributed by atoms with Crippen molar-refractivity contribution >= 4 is 14.5 Å². The Morgan fingerprint density at radius 1 is 1.08 bits per heavy atom. The molecule has 0 aromatic heterocycles. The number of aryl methyl sites for hydroxylation is 1. The molecule has 74 valence electrons. The van der Waals surface area contributed by atoms with Crippen molar-refractivity contribution in [3.63, 3.8) is 0 Å². The molecule has 1 aromatic carbocycles. The lowest BCUT2D eigenvalue weighted by atomic mass is 10.1. The summed E-state index contributed by atoms with van der Waals surface area (Å²) in [6.07, 6.45) is 0. The zero-order chi connectivity index (χ0) is 10.9. The van der Waals surface area contributed by atoms with Gasteiger partial charge in [-0.2, -0.15) is 0 Å². The smallest absolute Gasteiger partial charge is 0.0271 e. The number of benzene rings is 1. The van der Waals surface area contributed by atoms with Gasteiger partial charge in [0.15, 0.2) is 0 Å². The molecule has 1 unspecified atom stereocenters. The van der Waals surface area contributed by atoms with E-state index in [-0.39, 0.29) is 0 Å². The molecule has 13 heavy (non-hydrogen) atoms. The van der Waals surface area contributed by atoms with Crippen LogP contribution in [0.25, 0.3) is 0 Å². The third-order valence-corrected chi connectivity index (χ3v) is 2.27. The largest absolute Gasteiger partial charge is 0.106 e. The predicted octanol–water partition coefficient (Wildman–Crippen LogP) is 3.63. The molecular formula is C12H21P. The summed E-state index contributed by atoms with van der Waals surface area (Å²) in [7, 11) is 2.72. The topological polar surface area (TPSA) is 0 Å². The zero-order valence-electron chi connectivity index (χ0n) is 9.22. The van der Waals surface area contributed by atoms with E-state index in [2.05, 4.69) is 54.4 Å². The Morgan fingerprint density at radius 3 is 1.85 bits per heavy atom. The molecule has 0 aliphatic heterocycles. The van der Waals surface area contributed by atoms with E-state index in [4.69, 9.17) is 0 Å². The van der Waals surface area contributed by atoms with Crippen LogP contribution in [0.5, 0.6) is 0 Å². The van der Waals surface area contributed by atoms with Gasteiger partial charge in [0, 0.05) is 0 Å². The Kier molecular flexibility index (Phi) is 10.9. The fourth-order valence-electron chi connectivity index (χ4n) is 0.774. The van der Waals surface area contributed by atoms with E-state index in [9.17, 15) is 0 Å². The number of hydrogen-bond acceptors (Lipinski definition) is 0. The molecule has 1 aromatic rings. The van der Waals surface area contributed by atoms with Crippen molar-refractivity contribution in [2.75, 3.05) is 0 Å². The average Bonchev–Trinajstić information content (AvgIpc) is 2.20. The Hall–Kier alpha value is -0.610. The summed E-state index contributed by atoms with van der Waals surface area (Å²) in [6, 6.07) is 6.31. The van der Waals surface area contributed by atoms with Crippen molar-refractivity contribution in [3.8, 4) is 0 Å². The van der Waals surface area contributed by atoms with Gasteiger partial charge < -0.3 is 0 Å². The van der Waals surface area contributed by atoms with E-state index >= 15 is 0 Å². The van der Waals surface area contributed by atoms with Crippen LogP contribution in [0.15, 0.2) is 31.4 Å². The van der Waals surface area contributed by atoms with E-state index < -0.39 is 0 Å². The lowest BCUT2D eigenvalue weighted by molar-refractivity contribution is 1.37. The van der Waals surface area contributed by atoms with Gasteiger partial charge in [0.2, 0.25) is 0 Å². The van der Waals surface area contributed by atoms with Crippen LogP contribution < -0.4 is 5.30 Å². The molecule has 0 bridgehead atoms. The third-order valence-electron chi connectivity index (χ3n) is 1.65. The van der Waals surface area contributed by atoms with Gasteiger partial charge in [-0.3, -0.25) is 0 Å². The van der Waals surface area contributed by atoms with Gasteiger partial charge in [-0.05, 0) is 30.3 Å². The first-order valence-electron chi connectivity index (χ1n) is 4.53. The van der Waals surface area contributed by atoms with Gasteiger partial charge in [0.05, 0.1) is 0 Å². The zero-order valence-corrected chi connectivity index (χ0v) is 10.4. The number of rotatable bonds is 0. The van der Waals surface area contributed by atoms with Crippen molar-refractivity contribution in [2.24, 2.45) is 0 Å². The van der Waals surface area contributed by atoms with Crippen LogP contribution in [0.4, 0.5) is 0 Å². The van der Waals surface area contributed by atoms with Gasteiger partial charge in [-0.25, -0.2) is 0 Å². The lowest BCUT2D eigenvalue weighted by Crippen LogP contribution is -1.97. The molecule has 0 nitrogen and oxygen atoms in total. The third kappa shape index (κ3) is 5.60. The van der Waals surface area contributed by atoms with Crippen molar-refractivity contribution in [1.82, 2.24) is 0 Å². The van der Waals surface area contributed by atoms with Crippen molar-refractivity contribution in [3.05, 3.63) is 42.5 Å². The molecule has 0 fully saturated rings.